The number of amides is 1. The molecule has 0 radical (unpaired) electrons. The molecule has 1 aromatic heterocycles. The monoisotopic (exact) mass is 346 g/mol. The van der Waals surface area contributed by atoms with Crippen molar-refractivity contribution in [3.63, 3.8) is 0 Å². The third-order valence-electron chi connectivity index (χ3n) is 3.92. The number of para-hydroxylation sites is 1. The molecule has 0 fully saturated rings. The maximum absolute atomic E-state index is 13.0. The molecule has 3 aromatic rings. The number of benzene rings is 2. The lowest BCUT2D eigenvalue weighted by atomic mass is 10.1. The van der Waals surface area contributed by atoms with Gasteiger partial charge in [0.2, 0.25) is 5.43 Å². The molecule has 2 aromatic carbocycles. The Morgan fingerprint density at radius 2 is 1.80 bits per heavy atom. The minimum atomic E-state index is -4.52. The molecule has 2 N–H and O–H groups in total. The van der Waals surface area contributed by atoms with E-state index in [1.807, 2.05) is 0 Å². The fourth-order valence-electron chi connectivity index (χ4n) is 2.60. The second-order valence-corrected chi connectivity index (χ2v) is 5.51. The first-order valence-electron chi connectivity index (χ1n) is 7.37. The van der Waals surface area contributed by atoms with Crippen molar-refractivity contribution in [1.29, 1.82) is 0 Å². The Hall–Kier alpha value is -3.09. The summed E-state index contributed by atoms with van der Waals surface area (Å²) >= 11 is 0. The lowest BCUT2D eigenvalue weighted by molar-refractivity contribution is -0.138. The number of halogens is 3. The number of aromatic amines is 1. The van der Waals surface area contributed by atoms with Crippen molar-refractivity contribution in [2.75, 3.05) is 5.32 Å². The van der Waals surface area contributed by atoms with E-state index in [9.17, 15) is 22.8 Å². The third-order valence-corrected chi connectivity index (χ3v) is 3.92. The highest BCUT2D eigenvalue weighted by molar-refractivity contribution is 6.06. The van der Waals surface area contributed by atoms with Crippen LogP contribution < -0.4 is 10.7 Å². The van der Waals surface area contributed by atoms with Gasteiger partial charge in [0.1, 0.15) is 5.56 Å². The summed E-state index contributed by atoms with van der Waals surface area (Å²) in [6.45, 7) is 1.27. The Labute approximate surface area is 140 Å². The molecule has 1 heterocycles. The highest BCUT2D eigenvalue weighted by atomic mass is 19.4. The van der Waals surface area contributed by atoms with E-state index < -0.39 is 23.1 Å². The molecule has 25 heavy (non-hydrogen) atoms. The molecule has 0 bridgehead atoms. The van der Waals surface area contributed by atoms with Gasteiger partial charge in [-0.25, -0.2) is 0 Å². The molecule has 0 aliphatic rings. The van der Waals surface area contributed by atoms with Gasteiger partial charge in [-0.1, -0.05) is 18.2 Å². The summed E-state index contributed by atoms with van der Waals surface area (Å²) in [4.78, 5) is 27.6. The van der Waals surface area contributed by atoms with E-state index in [4.69, 9.17) is 0 Å². The summed E-state index contributed by atoms with van der Waals surface area (Å²) < 4.78 is 38.9. The predicted octanol–water partition coefficient (Wildman–Crippen LogP) is 4.11. The largest absolute Gasteiger partial charge is 0.416 e. The molecule has 4 nitrogen and oxygen atoms in total. The molecule has 128 valence electrons. The van der Waals surface area contributed by atoms with Crippen molar-refractivity contribution in [3.05, 3.63) is 75.6 Å². The first kappa shape index (κ1) is 16.8. The van der Waals surface area contributed by atoms with Crippen LogP contribution in [0.2, 0.25) is 0 Å². The number of carbonyl (C=O) groups excluding carboxylic acids is 1. The molecule has 3 rings (SSSR count). The number of carbonyl (C=O) groups is 1. The summed E-state index contributed by atoms with van der Waals surface area (Å²) in [6, 6.07) is 10.2. The summed E-state index contributed by atoms with van der Waals surface area (Å²) in [5.41, 5.74) is -1.03. The fraction of sp³-hybridized carbons (Fsp3) is 0.111. The Morgan fingerprint density at radius 1 is 1.08 bits per heavy atom. The van der Waals surface area contributed by atoms with Gasteiger partial charge < -0.3 is 10.3 Å². The van der Waals surface area contributed by atoms with E-state index in [0.717, 1.165) is 6.07 Å². The Bertz CT molecular complexity index is 1020. The number of alkyl halides is 3. The predicted molar refractivity (Wildman–Crippen MR) is 88.7 cm³/mol. The van der Waals surface area contributed by atoms with Gasteiger partial charge in [0, 0.05) is 22.8 Å². The molecule has 0 aliphatic carbocycles. The van der Waals surface area contributed by atoms with Crippen LogP contribution >= 0.6 is 0 Å². The van der Waals surface area contributed by atoms with Crippen LogP contribution in [0.1, 0.15) is 21.5 Å². The van der Waals surface area contributed by atoms with Crippen molar-refractivity contribution < 1.29 is 18.0 Å². The molecular formula is C18H13F3N2O2. The van der Waals surface area contributed by atoms with Crippen LogP contribution in [0.3, 0.4) is 0 Å². The van der Waals surface area contributed by atoms with E-state index in [1.165, 1.54) is 25.3 Å². The summed E-state index contributed by atoms with van der Waals surface area (Å²) in [5.74, 6) is -0.769. The van der Waals surface area contributed by atoms with Gasteiger partial charge in [0.25, 0.3) is 5.91 Å². The topological polar surface area (TPSA) is 62.0 Å². The van der Waals surface area contributed by atoms with Crippen molar-refractivity contribution in [2.45, 2.75) is 13.1 Å². The first-order valence-corrected chi connectivity index (χ1v) is 7.37. The standard InChI is InChI=1S/C18H13F3N2O2/c1-10-13(18(19,20)21)6-4-8-14(10)23-17(25)12-9-22-15-7-3-2-5-11(15)16(12)24/h2-9H,1H3,(H,22,24)(H,23,25). The minimum absolute atomic E-state index is 0.00684. The van der Waals surface area contributed by atoms with Crippen molar-refractivity contribution in [2.24, 2.45) is 0 Å². The number of rotatable bonds is 2. The average Bonchev–Trinajstić information content (AvgIpc) is 2.56. The zero-order valence-electron chi connectivity index (χ0n) is 13.1. The van der Waals surface area contributed by atoms with Crippen LogP contribution in [0, 0.1) is 6.92 Å². The highest BCUT2D eigenvalue weighted by Crippen LogP contribution is 2.34. The van der Waals surface area contributed by atoms with Crippen LogP contribution in [-0.4, -0.2) is 10.9 Å². The third kappa shape index (κ3) is 3.13. The number of hydrogen-bond acceptors (Lipinski definition) is 2. The van der Waals surface area contributed by atoms with E-state index in [1.54, 1.807) is 24.3 Å². The highest BCUT2D eigenvalue weighted by Gasteiger charge is 2.33. The second kappa shape index (κ2) is 6.08. The summed E-state index contributed by atoms with van der Waals surface area (Å²) in [6.07, 6.45) is -3.27. The van der Waals surface area contributed by atoms with Crippen LogP contribution in [0.5, 0.6) is 0 Å². The van der Waals surface area contributed by atoms with Gasteiger partial charge >= 0.3 is 6.18 Å². The fourth-order valence-corrected chi connectivity index (χ4v) is 2.60. The zero-order chi connectivity index (χ0) is 18.2. The SMILES string of the molecule is Cc1c(NC(=O)c2c[nH]c3ccccc3c2=O)cccc1C(F)(F)F. The van der Waals surface area contributed by atoms with Gasteiger partial charge in [-0.05, 0) is 36.8 Å². The minimum Gasteiger partial charge on any atom is -0.360 e. The van der Waals surface area contributed by atoms with Gasteiger partial charge in [0.05, 0.1) is 5.56 Å². The number of anilines is 1. The molecule has 7 heteroatoms. The number of fused-ring (bicyclic) bond motifs is 1. The summed E-state index contributed by atoms with van der Waals surface area (Å²) in [7, 11) is 0. The molecule has 0 saturated heterocycles. The zero-order valence-corrected chi connectivity index (χ0v) is 13.1. The molecule has 0 saturated carbocycles. The molecule has 0 spiro atoms. The van der Waals surface area contributed by atoms with Gasteiger partial charge in [0.15, 0.2) is 0 Å². The normalized spacial score (nSPS) is 11.5. The molecule has 0 unspecified atom stereocenters. The average molecular weight is 346 g/mol. The molecule has 1 amide bonds. The lowest BCUT2D eigenvalue weighted by Crippen LogP contribution is -2.22. The first-order chi connectivity index (χ1) is 11.8. The smallest absolute Gasteiger partial charge is 0.360 e. The van der Waals surface area contributed by atoms with Crippen molar-refractivity contribution in [1.82, 2.24) is 4.98 Å². The number of hydrogen-bond donors (Lipinski definition) is 2. The Morgan fingerprint density at radius 3 is 2.52 bits per heavy atom. The Kier molecular flexibility index (Phi) is 4.08. The quantitative estimate of drug-likeness (QED) is 0.734. The second-order valence-electron chi connectivity index (χ2n) is 5.51. The van der Waals surface area contributed by atoms with Crippen LogP contribution in [0.25, 0.3) is 10.9 Å². The van der Waals surface area contributed by atoms with Gasteiger partial charge in [-0.3, -0.25) is 9.59 Å². The maximum Gasteiger partial charge on any atom is 0.416 e. The number of H-pyrrole nitrogens is 1. The van der Waals surface area contributed by atoms with Crippen molar-refractivity contribution in [3.8, 4) is 0 Å². The van der Waals surface area contributed by atoms with Gasteiger partial charge in [-0.15, -0.1) is 0 Å². The van der Waals surface area contributed by atoms with Crippen LogP contribution in [0.15, 0.2) is 53.5 Å². The van der Waals surface area contributed by atoms with E-state index in [0.29, 0.717) is 10.9 Å². The molecular weight excluding hydrogens is 333 g/mol. The molecule has 0 aliphatic heterocycles. The Balaban J connectivity index is 1.99. The van der Waals surface area contributed by atoms with Crippen LogP contribution in [-0.2, 0) is 6.18 Å². The number of pyridine rings is 1. The lowest BCUT2D eigenvalue weighted by Gasteiger charge is -2.14. The van der Waals surface area contributed by atoms with E-state index >= 15 is 0 Å². The van der Waals surface area contributed by atoms with E-state index in [-0.39, 0.29) is 16.8 Å². The molecule has 0 atom stereocenters. The van der Waals surface area contributed by atoms with Crippen molar-refractivity contribution >= 4 is 22.5 Å². The number of aromatic nitrogens is 1. The van der Waals surface area contributed by atoms with E-state index in [2.05, 4.69) is 10.3 Å². The van der Waals surface area contributed by atoms with Gasteiger partial charge in [-0.2, -0.15) is 13.2 Å². The number of nitrogens with one attached hydrogen (secondary N) is 2. The van der Waals surface area contributed by atoms with Crippen LogP contribution in [0.4, 0.5) is 18.9 Å². The summed E-state index contributed by atoms with van der Waals surface area (Å²) in [5, 5.41) is 2.72. The maximum atomic E-state index is 13.0.